The lowest BCUT2D eigenvalue weighted by molar-refractivity contribution is -0.318. The van der Waals surface area contributed by atoms with E-state index in [1.54, 1.807) is 5.48 Å². The van der Waals surface area contributed by atoms with Gasteiger partial charge < -0.3 is 4.74 Å². The smallest absolute Gasteiger partial charge is 0.314 e. The second kappa shape index (κ2) is 4.94. The van der Waals surface area contributed by atoms with E-state index < -0.39 is 29.1 Å². The Morgan fingerprint density at radius 3 is 2.38 bits per heavy atom. The lowest BCUT2D eigenvalue weighted by Gasteiger charge is -2.24. The van der Waals surface area contributed by atoms with Gasteiger partial charge in [-0.15, -0.1) is 0 Å². The first-order valence-corrected chi connectivity index (χ1v) is 5.54. The van der Waals surface area contributed by atoms with Crippen molar-refractivity contribution in [2.45, 2.75) is 24.2 Å². The molecular weight excluding hydrogens is 254 g/mol. The van der Waals surface area contributed by atoms with Crippen molar-refractivity contribution in [2.24, 2.45) is 5.92 Å². The standard InChI is InChI=1S/C7H11F4NO3S/c1-12-15-16(13)7(10,11)6(8,9)14-4-5-2-3-5/h5,12H,2-4H2,1H3. The van der Waals surface area contributed by atoms with Crippen LogP contribution in [0.5, 0.6) is 0 Å². The SMILES string of the molecule is CNOS(=O)C(F)(F)C(F)(F)OCC1CC1. The fraction of sp³-hybridized carbons (Fsp3) is 1.00. The highest BCUT2D eigenvalue weighted by atomic mass is 32.2. The van der Waals surface area contributed by atoms with Crippen molar-refractivity contribution < 1.29 is 30.8 Å². The van der Waals surface area contributed by atoms with Crippen LogP contribution in [-0.4, -0.2) is 29.2 Å². The number of hydroxylamine groups is 1. The Balaban J connectivity index is 2.58. The summed E-state index contributed by atoms with van der Waals surface area (Å²) in [4.78, 5) is 0. The highest BCUT2D eigenvalue weighted by Crippen LogP contribution is 2.40. The largest absolute Gasteiger partial charge is 0.435 e. The van der Waals surface area contributed by atoms with Crippen molar-refractivity contribution in [3.05, 3.63) is 0 Å². The first kappa shape index (κ1) is 13.8. The van der Waals surface area contributed by atoms with Crippen molar-refractivity contribution in [1.29, 1.82) is 0 Å². The monoisotopic (exact) mass is 265 g/mol. The van der Waals surface area contributed by atoms with Gasteiger partial charge in [0.05, 0.1) is 6.61 Å². The number of ether oxygens (including phenoxy) is 1. The highest BCUT2D eigenvalue weighted by molar-refractivity contribution is 7.81. The minimum Gasteiger partial charge on any atom is -0.314 e. The summed E-state index contributed by atoms with van der Waals surface area (Å²) in [6.07, 6.45) is -3.45. The Hall–Kier alpha value is -0.250. The van der Waals surface area contributed by atoms with Crippen LogP contribution in [0.3, 0.4) is 0 Å². The molecule has 1 fully saturated rings. The van der Waals surface area contributed by atoms with Crippen LogP contribution in [0, 0.1) is 5.92 Å². The lowest BCUT2D eigenvalue weighted by Crippen LogP contribution is -2.47. The zero-order valence-electron chi connectivity index (χ0n) is 8.34. The number of halogens is 4. The molecule has 0 spiro atoms. The summed E-state index contributed by atoms with van der Waals surface area (Å²) in [5, 5.41) is -4.90. The van der Waals surface area contributed by atoms with E-state index in [-0.39, 0.29) is 5.92 Å². The van der Waals surface area contributed by atoms with E-state index in [9.17, 15) is 21.8 Å². The summed E-state index contributed by atoms with van der Waals surface area (Å²) >= 11 is -3.51. The van der Waals surface area contributed by atoms with Gasteiger partial charge in [0, 0.05) is 7.05 Å². The van der Waals surface area contributed by atoms with Crippen LogP contribution in [0.4, 0.5) is 17.6 Å². The van der Waals surface area contributed by atoms with Crippen molar-refractivity contribution in [2.75, 3.05) is 13.7 Å². The van der Waals surface area contributed by atoms with Crippen molar-refractivity contribution in [3.63, 3.8) is 0 Å². The Labute approximate surface area is 91.9 Å². The predicted octanol–water partition coefficient (Wildman–Crippen LogP) is 1.41. The molecule has 1 N–H and O–H groups in total. The normalized spacial score (nSPS) is 19.8. The van der Waals surface area contributed by atoms with Crippen LogP contribution in [-0.2, 0) is 20.1 Å². The summed E-state index contributed by atoms with van der Waals surface area (Å²) in [5.41, 5.74) is 1.65. The molecule has 0 heterocycles. The molecule has 1 rings (SSSR count). The fourth-order valence-corrected chi connectivity index (χ4v) is 1.33. The van der Waals surface area contributed by atoms with E-state index in [0.717, 1.165) is 7.05 Å². The summed E-state index contributed by atoms with van der Waals surface area (Å²) < 4.78 is 69.8. The Morgan fingerprint density at radius 2 is 1.94 bits per heavy atom. The van der Waals surface area contributed by atoms with Gasteiger partial charge in [0.15, 0.2) is 0 Å². The quantitative estimate of drug-likeness (QED) is 0.558. The zero-order chi connectivity index (χ0) is 12.4. The van der Waals surface area contributed by atoms with Crippen LogP contribution >= 0.6 is 0 Å². The van der Waals surface area contributed by atoms with E-state index >= 15 is 0 Å². The van der Waals surface area contributed by atoms with E-state index in [1.165, 1.54) is 0 Å². The molecule has 0 aromatic carbocycles. The molecule has 0 aliphatic heterocycles. The van der Waals surface area contributed by atoms with Gasteiger partial charge >= 0.3 is 11.4 Å². The van der Waals surface area contributed by atoms with E-state index in [2.05, 4.69) is 9.02 Å². The van der Waals surface area contributed by atoms with Crippen molar-refractivity contribution in [1.82, 2.24) is 5.48 Å². The molecule has 0 amide bonds. The molecule has 16 heavy (non-hydrogen) atoms. The molecule has 0 bridgehead atoms. The first-order valence-electron chi connectivity index (χ1n) is 4.47. The lowest BCUT2D eigenvalue weighted by atomic mass is 10.5. The Bertz CT molecular complexity index is 272. The number of hydrogen-bond acceptors (Lipinski definition) is 4. The second-order valence-corrected chi connectivity index (χ2v) is 4.46. The Kier molecular flexibility index (Phi) is 4.27. The van der Waals surface area contributed by atoms with Gasteiger partial charge in [0.25, 0.3) is 11.1 Å². The summed E-state index contributed by atoms with van der Waals surface area (Å²) in [5.74, 6) is -0.111. The van der Waals surface area contributed by atoms with Crippen molar-refractivity contribution >= 4 is 11.1 Å². The van der Waals surface area contributed by atoms with Gasteiger partial charge in [-0.25, -0.2) is 4.21 Å². The maximum atomic E-state index is 12.9. The van der Waals surface area contributed by atoms with E-state index in [1.807, 2.05) is 0 Å². The minimum absolute atomic E-state index is 0.111. The van der Waals surface area contributed by atoms with Crippen LogP contribution in [0.15, 0.2) is 0 Å². The van der Waals surface area contributed by atoms with Crippen LogP contribution in [0.25, 0.3) is 0 Å². The molecule has 1 aliphatic carbocycles. The Morgan fingerprint density at radius 1 is 1.38 bits per heavy atom. The molecule has 1 saturated carbocycles. The molecule has 0 saturated heterocycles. The maximum absolute atomic E-state index is 12.9. The second-order valence-electron chi connectivity index (χ2n) is 3.31. The van der Waals surface area contributed by atoms with Gasteiger partial charge in [-0.2, -0.15) is 27.3 Å². The number of rotatable bonds is 7. The third-order valence-electron chi connectivity index (χ3n) is 1.90. The molecule has 0 aromatic rings. The van der Waals surface area contributed by atoms with Gasteiger partial charge in [-0.1, -0.05) is 0 Å². The molecule has 9 heteroatoms. The summed E-state index contributed by atoms with van der Waals surface area (Å²) in [6, 6.07) is 0. The highest BCUT2D eigenvalue weighted by Gasteiger charge is 2.64. The van der Waals surface area contributed by atoms with Gasteiger partial charge in [-0.3, -0.25) is 0 Å². The molecular formula is C7H11F4NO3S. The molecule has 1 atom stereocenters. The summed E-state index contributed by atoms with van der Waals surface area (Å²) in [6.45, 7) is -0.473. The third-order valence-corrected chi connectivity index (χ3v) is 2.88. The van der Waals surface area contributed by atoms with Crippen LogP contribution < -0.4 is 5.48 Å². The molecule has 4 nitrogen and oxygen atoms in total. The van der Waals surface area contributed by atoms with Gasteiger partial charge in [-0.05, 0) is 18.8 Å². The van der Waals surface area contributed by atoms with Gasteiger partial charge in [0.2, 0.25) is 0 Å². The topological polar surface area (TPSA) is 47.6 Å². The number of hydrogen-bond donors (Lipinski definition) is 1. The number of alkyl halides is 4. The third kappa shape index (κ3) is 3.12. The van der Waals surface area contributed by atoms with Gasteiger partial charge in [0.1, 0.15) is 0 Å². The molecule has 1 aliphatic rings. The van der Waals surface area contributed by atoms with E-state index in [4.69, 9.17) is 0 Å². The average molecular weight is 265 g/mol. The van der Waals surface area contributed by atoms with Crippen molar-refractivity contribution in [3.8, 4) is 0 Å². The minimum atomic E-state index is -4.90. The van der Waals surface area contributed by atoms with Crippen LogP contribution in [0.1, 0.15) is 12.8 Å². The number of nitrogens with one attached hydrogen (secondary N) is 1. The van der Waals surface area contributed by atoms with Crippen LogP contribution in [0.2, 0.25) is 0 Å². The summed E-state index contributed by atoms with van der Waals surface area (Å²) in [7, 11) is 1.02. The predicted molar refractivity (Wildman–Crippen MR) is 46.9 cm³/mol. The maximum Gasteiger partial charge on any atom is 0.435 e. The fourth-order valence-electron chi connectivity index (χ4n) is 0.816. The zero-order valence-corrected chi connectivity index (χ0v) is 9.16. The van der Waals surface area contributed by atoms with E-state index in [0.29, 0.717) is 12.8 Å². The molecule has 0 aromatic heterocycles. The average Bonchev–Trinajstić information content (AvgIpc) is 2.98. The molecule has 1 unspecified atom stereocenters. The molecule has 0 radical (unpaired) electrons. The molecule has 96 valence electrons. The first-order chi connectivity index (χ1) is 7.31.